The van der Waals surface area contributed by atoms with Crippen molar-refractivity contribution < 1.29 is 19.7 Å². The van der Waals surface area contributed by atoms with Crippen LogP contribution in [0.3, 0.4) is 0 Å². The summed E-state index contributed by atoms with van der Waals surface area (Å²) in [4.78, 5) is 11.9. The SMILES string of the molecule is O=C(O)COc1ccc(SCc2ccc(O)cc2)c2c1CCC2. The van der Waals surface area contributed by atoms with E-state index in [4.69, 9.17) is 9.84 Å². The lowest BCUT2D eigenvalue weighted by molar-refractivity contribution is -0.139. The molecule has 0 saturated carbocycles. The molecule has 0 aromatic heterocycles. The molecule has 0 saturated heterocycles. The van der Waals surface area contributed by atoms with Gasteiger partial charge in [-0.25, -0.2) is 4.79 Å². The average molecular weight is 330 g/mol. The van der Waals surface area contributed by atoms with Gasteiger partial charge in [0.2, 0.25) is 0 Å². The maximum atomic E-state index is 10.7. The number of carboxylic acid groups (broad SMARTS) is 1. The monoisotopic (exact) mass is 330 g/mol. The zero-order valence-corrected chi connectivity index (χ0v) is 13.4. The fourth-order valence-electron chi connectivity index (χ4n) is 2.80. The molecule has 1 aliphatic rings. The Bertz CT molecular complexity index is 710. The summed E-state index contributed by atoms with van der Waals surface area (Å²) in [5.41, 5.74) is 3.60. The highest BCUT2D eigenvalue weighted by molar-refractivity contribution is 7.98. The van der Waals surface area contributed by atoms with Crippen molar-refractivity contribution in [2.24, 2.45) is 0 Å². The summed E-state index contributed by atoms with van der Waals surface area (Å²) in [6.45, 7) is -0.299. The Kier molecular flexibility index (Phi) is 4.76. The van der Waals surface area contributed by atoms with Crippen molar-refractivity contribution in [3.63, 3.8) is 0 Å². The maximum absolute atomic E-state index is 10.7. The first-order valence-electron chi connectivity index (χ1n) is 7.53. The minimum atomic E-state index is -0.956. The molecule has 0 amide bonds. The van der Waals surface area contributed by atoms with Crippen LogP contribution >= 0.6 is 11.8 Å². The Hall–Kier alpha value is -2.14. The van der Waals surface area contributed by atoms with Gasteiger partial charge in [-0.2, -0.15) is 0 Å². The van der Waals surface area contributed by atoms with E-state index in [1.165, 1.54) is 10.5 Å². The molecule has 120 valence electrons. The maximum Gasteiger partial charge on any atom is 0.341 e. The van der Waals surface area contributed by atoms with E-state index in [-0.39, 0.29) is 12.4 Å². The molecule has 0 atom stereocenters. The fraction of sp³-hybridized carbons (Fsp3) is 0.278. The second-order valence-corrected chi connectivity index (χ2v) is 6.53. The topological polar surface area (TPSA) is 66.8 Å². The number of rotatable bonds is 6. The summed E-state index contributed by atoms with van der Waals surface area (Å²) in [5.74, 6) is 0.859. The normalized spacial score (nSPS) is 12.9. The van der Waals surface area contributed by atoms with E-state index in [9.17, 15) is 9.90 Å². The second-order valence-electron chi connectivity index (χ2n) is 5.51. The second kappa shape index (κ2) is 6.96. The van der Waals surface area contributed by atoms with Crippen LogP contribution in [0.1, 0.15) is 23.1 Å². The molecule has 1 aliphatic carbocycles. The minimum absolute atomic E-state index is 0.277. The number of carboxylic acids is 1. The third-order valence-electron chi connectivity index (χ3n) is 3.88. The van der Waals surface area contributed by atoms with Crippen LogP contribution in [0.2, 0.25) is 0 Å². The van der Waals surface area contributed by atoms with Crippen molar-refractivity contribution in [3.05, 3.63) is 53.1 Å². The number of benzene rings is 2. The fourth-order valence-corrected chi connectivity index (χ4v) is 3.88. The van der Waals surface area contributed by atoms with Crippen LogP contribution in [0, 0.1) is 0 Å². The van der Waals surface area contributed by atoms with E-state index in [1.54, 1.807) is 23.9 Å². The first kappa shape index (κ1) is 15.7. The molecule has 5 heteroatoms. The highest BCUT2D eigenvalue weighted by Gasteiger charge is 2.20. The summed E-state index contributed by atoms with van der Waals surface area (Å²) in [6.07, 6.45) is 3.03. The molecule has 0 bridgehead atoms. The highest BCUT2D eigenvalue weighted by atomic mass is 32.2. The Labute approximate surface area is 139 Å². The number of phenols is 1. The molecule has 0 heterocycles. The molecule has 0 aliphatic heterocycles. The van der Waals surface area contributed by atoms with Gasteiger partial charge < -0.3 is 14.9 Å². The quantitative estimate of drug-likeness (QED) is 0.792. The molecule has 0 spiro atoms. The average Bonchev–Trinajstić information content (AvgIpc) is 3.02. The van der Waals surface area contributed by atoms with Gasteiger partial charge in [0.1, 0.15) is 11.5 Å². The Morgan fingerprint density at radius 1 is 1.09 bits per heavy atom. The summed E-state index contributed by atoms with van der Waals surface area (Å²) < 4.78 is 5.40. The number of phenolic OH excluding ortho intramolecular Hbond substituents is 1. The third kappa shape index (κ3) is 3.79. The van der Waals surface area contributed by atoms with Crippen LogP contribution in [0.4, 0.5) is 0 Å². The van der Waals surface area contributed by atoms with Gasteiger partial charge in [0.25, 0.3) is 0 Å². The van der Waals surface area contributed by atoms with Crippen LogP contribution < -0.4 is 4.74 Å². The molecular weight excluding hydrogens is 312 g/mol. The van der Waals surface area contributed by atoms with E-state index in [0.29, 0.717) is 5.75 Å². The van der Waals surface area contributed by atoms with Gasteiger partial charge in [-0.05, 0) is 60.2 Å². The lowest BCUT2D eigenvalue weighted by Gasteiger charge is -2.13. The smallest absolute Gasteiger partial charge is 0.341 e. The number of aliphatic carboxylic acids is 1. The number of thioether (sulfide) groups is 1. The number of carbonyl (C=O) groups is 1. The number of aromatic hydroxyl groups is 1. The van der Waals surface area contributed by atoms with E-state index < -0.39 is 5.97 Å². The van der Waals surface area contributed by atoms with Crippen molar-refractivity contribution in [3.8, 4) is 11.5 Å². The molecule has 4 nitrogen and oxygen atoms in total. The molecule has 0 radical (unpaired) electrons. The van der Waals surface area contributed by atoms with Crippen molar-refractivity contribution in [2.75, 3.05) is 6.61 Å². The van der Waals surface area contributed by atoms with Gasteiger partial charge in [0, 0.05) is 10.6 Å². The Morgan fingerprint density at radius 2 is 1.83 bits per heavy atom. The summed E-state index contributed by atoms with van der Waals surface area (Å²) in [5, 5.41) is 18.1. The number of hydrogen-bond acceptors (Lipinski definition) is 4. The number of ether oxygens (including phenoxy) is 1. The lowest BCUT2D eigenvalue weighted by atomic mass is 10.1. The van der Waals surface area contributed by atoms with E-state index >= 15 is 0 Å². The minimum Gasteiger partial charge on any atom is -0.508 e. The zero-order valence-electron chi connectivity index (χ0n) is 12.6. The first-order valence-corrected chi connectivity index (χ1v) is 8.52. The Morgan fingerprint density at radius 3 is 2.57 bits per heavy atom. The molecule has 2 aromatic carbocycles. The van der Waals surface area contributed by atoms with Crippen molar-refractivity contribution >= 4 is 17.7 Å². The van der Waals surface area contributed by atoms with E-state index in [1.807, 2.05) is 24.3 Å². The zero-order chi connectivity index (χ0) is 16.2. The standard InChI is InChI=1S/C18H18O4S/c19-13-6-4-12(5-7-13)11-23-17-9-8-16(22-10-18(20)21)14-2-1-3-15(14)17/h4-9,19H,1-3,10-11H2,(H,20,21). The predicted octanol–water partition coefficient (Wildman–Crippen LogP) is 3.64. The first-order chi connectivity index (χ1) is 11.1. The van der Waals surface area contributed by atoms with E-state index in [2.05, 4.69) is 0 Å². The van der Waals surface area contributed by atoms with Gasteiger partial charge in [-0.1, -0.05) is 12.1 Å². The van der Waals surface area contributed by atoms with Crippen LogP contribution in [0.15, 0.2) is 41.3 Å². The number of fused-ring (bicyclic) bond motifs is 1. The van der Waals surface area contributed by atoms with Crippen molar-refractivity contribution in [1.82, 2.24) is 0 Å². The molecule has 3 rings (SSSR count). The lowest BCUT2D eigenvalue weighted by Crippen LogP contribution is -2.10. The molecule has 0 unspecified atom stereocenters. The van der Waals surface area contributed by atoms with Crippen LogP contribution in [-0.4, -0.2) is 22.8 Å². The summed E-state index contributed by atoms with van der Waals surface area (Å²) >= 11 is 1.76. The molecular formula is C18H18O4S. The van der Waals surface area contributed by atoms with Gasteiger partial charge in [0.05, 0.1) is 0 Å². The van der Waals surface area contributed by atoms with Gasteiger partial charge in [-0.3, -0.25) is 0 Å². The molecule has 2 aromatic rings. The third-order valence-corrected chi connectivity index (χ3v) is 5.05. The van der Waals surface area contributed by atoms with Crippen molar-refractivity contribution in [2.45, 2.75) is 29.9 Å². The molecule has 23 heavy (non-hydrogen) atoms. The summed E-state index contributed by atoms with van der Waals surface area (Å²) in [7, 11) is 0. The van der Waals surface area contributed by atoms with Crippen LogP contribution in [-0.2, 0) is 23.4 Å². The molecule has 0 fully saturated rings. The Balaban J connectivity index is 1.74. The highest BCUT2D eigenvalue weighted by Crippen LogP contribution is 2.38. The van der Waals surface area contributed by atoms with Crippen LogP contribution in [0.5, 0.6) is 11.5 Å². The molecule has 2 N–H and O–H groups in total. The van der Waals surface area contributed by atoms with Gasteiger partial charge >= 0.3 is 5.97 Å². The van der Waals surface area contributed by atoms with Gasteiger partial charge in [0.15, 0.2) is 6.61 Å². The number of hydrogen-bond donors (Lipinski definition) is 2. The summed E-state index contributed by atoms with van der Waals surface area (Å²) in [6, 6.07) is 11.1. The van der Waals surface area contributed by atoms with Gasteiger partial charge in [-0.15, -0.1) is 11.8 Å². The largest absolute Gasteiger partial charge is 0.508 e. The van der Waals surface area contributed by atoms with E-state index in [0.717, 1.165) is 36.1 Å². The van der Waals surface area contributed by atoms with Crippen molar-refractivity contribution in [1.29, 1.82) is 0 Å². The predicted molar refractivity (Wildman–Crippen MR) is 89.3 cm³/mol. The van der Waals surface area contributed by atoms with Crippen LogP contribution in [0.25, 0.3) is 0 Å².